The number of hydrogen-bond donors (Lipinski definition) is 5. The van der Waals surface area contributed by atoms with Crippen LogP contribution < -0.4 is 21.2 Å². The maximum atomic E-state index is 10.4. The van der Waals surface area contributed by atoms with Gasteiger partial charge in [0.15, 0.2) is 0 Å². The molecule has 3 heterocycles. The monoisotopic (exact) mass is 672 g/mol. The first kappa shape index (κ1) is 34.6. The van der Waals surface area contributed by atoms with Gasteiger partial charge in [0.05, 0.1) is 49.5 Å². The van der Waals surface area contributed by atoms with Gasteiger partial charge in [0.2, 0.25) is 11.8 Å². The molecule has 0 radical (unpaired) electrons. The van der Waals surface area contributed by atoms with Crippen LogP contribution in [0.1, 0.15) is 63.9 Å². The normalized spacial score (nSPS) is 25.5. The molecular weight excluding hydrogens is 624 g/mol. The number of nitriles is 1. The third-order valence-corrected chi connectivity index (χ3v) is 9.88. The van der Waals surface area contributed by atoms with Gasteiger partial charge in [0.1, 0.15) is 30.2 Å². The van der Waals surface area contributed by atoms with E-state index in [0.29, 0.717) is 47.0 Å². The first-order valence-electron chi connectivity index (χ1n) is 17.2. The molecule has 262 valence electrons. The molecule has 2 saturated carbocycles. The molecule has 4 fully saturated rings. The first-order valence-corrected chi connectivity index (χ1v) is 17.2. The van der Waals surface area contributed by atoms with Crippen molar-refractivity contribution in [2.45, 2.75) is 94.2 Å². The zero-order valence-corrected chi connectivity index (χ0v) is 28.3. The van der Waals surface area contributed by atoms with Crippen molar-refractivity contribution in [2.24, 2.45) is 10.8 Å². The van der Waals surface area contributed by atoms with Gasteiger partial charge in [-0.05, 0) is 76.0 Å². The van der Waals surface area contributed by atoms with Gasteiger partial charge >= 0.3 is 0 Å². The van der Waals surface area contributed by atoms with E-state index in [0.717, 1.165) is 69.2 Å². The lowest BCUT2D eigenvalue weighted by atomic mass is 9.89. The highest BCUT2D eigenvalue weighted by Crippen LogP contribution is 2.37. The third-order valence-electron chi connectivity index (χ3n) is 9.88. The van der Waals surface area contributed by atoms with E-state index >= 15 is 0 Å². The molecule has 14 nitrogen and oxygen atoms in total. The SMILES string of the molecule is CN/C(OCC1(O)CC1)=C(\C=NC1CCC(N2[C@@H]3CC[C@H]2COC3)CC1)Nc1ncc(-c2ccc(C#N)c(O[C@@H](C)CN(N)C=N)c2)cn1. The van der Waals surface area contributed by atoms with E-state index in [9.17, 15) is 10.4 Å². The van der Waals surface area contributed by atoms with Crippen LogP contribution in [0.15, 0.2) is 47.2 Å². The van der Waals surface area contributed by atoms with E-state index in [2.05, 4.69) is 31.6 Å². The highest BCUT2D eigenvalue weighted by Gasteiger charge is 2.42. The average molecular weight is 673 g/mol. The van der Waals surface area contributed by atoms with Gasteiger partial charge in [0.25, 0.3) is 0 Å². The van der Waals surface area contributed by atoms with Crippen LogP contribution in [0.2, 0.25) is 0 Å². The Kier molecular flexibility index (Phi) is 10.9. The number of hydrazine groups is 1. The number of aliphatic imine (C=N–C) groups is 1. The number of hydrogen-bond acceptors (Lipinski definition) is 13. The summed E-state index contributed by atoms with van der Waals surface area (Å²) in [7, 11) is 1.77. The minimum atomic E-state index is -0.787. The second kappa shape index (κ2) is 15.5. The summed E-state index contributed by atoms with van der Waals surface area (Å²) in [6.07, 6.45) is 14.1. The van der Waals surface area contributed by atoms with E-state index in [1.165, 1.54) is 17.9 Å². The number of nitrogens with two attached hydrogens (primary N) is 1. The minimum absolute atomic E-state index is 0.182. The molecule has 2 aliphatic carbocycles. The largest absolute Gasteiger partial charge is 0.487 e. The zero-order valence-electron chi connectivity index (χ0n) is 28.3. The molecule has 14 heteroatoms. The topological polar surface area (TPSA) is 190 Å². The Morgan fingerprint density at radius 1 is 1.18 bits per heavy atom. The number of morpholine rings is 1. The number of ether oxygens (including phenoxy) is 3. The molecule has 4 aliphatic rings. The van der Waals surface area contributed by atoms with Crippen LogP contribution in [-0.2, 0) is 9.47 Å². The van der Waals surface area contributed by atoms with Crippen molar-refractivity contribution < 1.29 is 19.3 Å². The molecule has 2 aromatic rings. The Labute approximate surface area is 287 Å². The van der Waals surface area contributed by atoms with Crippen LogP contribution in [-0.4, -0.2) is 107 Å². The van der Waals surface area contributed by atoms with Crippen LogP contribution in [0.25, 0.3) is 11.1 Å². The molecule has 0 spiro atoms. The number of nitrogens with one attached hydrogen (secondary N) is 3. The molecule has 49 heavy (non-hydrogen) atoms. The molecule has 2 aliphatic heterocycles. The number of nitrogens with zero attached hydrogens (tertiary/aromatic N) is 6. The van der Waals surface area contributed by atoms with Crippen molar-refractivity contribution >= 4 is 18.5 Å². The number of fused-ring (bicyclic) bond motifs is 2. The van der Waals surface area contributed by atoms with E-state index in [4.69, 9.17) is 30.5 Å². The molecule has 2 saturated heterocycles. The smallest absolute Gasteiger partial charge is 0.227 e. The molecule has 6 rings (SSSR count). The molecule has 1 aromatic heterocycles. The number of allylic oxidation sites excluding steroid dienone is 1. The third kappa shape index (κ3) is 8.66. The quantitative estimate of drug-likeness (QED) is 0.0612. The zero-order chi connectivity index (χ0) is 34.4. The summed E-state index contributed by atoms with van der Waals surface area (Å²) in [5.41, 5.74) is 1.69. The number of aliphatic hydroxyl groups is 1. The molecule has 3 atom stereocenters. The van der Waals surface area contributed by atoms with Crippen molar-refractivity contribution in [3.05, 3.63) is 47.7 Å². The highest BCUT2D eigenvalue weighted by molar-refractivity contribution is 5.83. The van der Waals surface area contributed by atoms with E-state index in [-0.39, 0.29) is 25.3 Å². The fourth-order valence-electron chi connectivity index (χ4n) is 7.03. The Morgan fingerprint density at radius 2 is 1.88 bits per heavy atom. The van der Waals surface area contributed by atoms with Gasteiger partial charge < -0.3 is 30.0 Å². The Balaban J connectivity index is 1.14. The molecule has 1 aromatic carbocycles. The van der Waals surface area contributed by atoms with Gasteiger partial charge in [-0.1, -0.05) is 6.07 Å². The van der Waals surface area contributed by atoms with Crippen molar-refractivity contribution in [3.63, 3.8) is 0 Å². The fourth-order valence-corrected chi connectivity index (χ4v) is 7.03. The fraction of sp³-hybridized carbons (Fsp3) is 0.571. The first-order chi connectivity index (χ1) is 23.8. The standard InChI is InChI=1S/C35H48N10O4/c1-23(18-44(38)22-37)49-32-13-24(3-4-25(32)14-36)26-15-41-34(42-16-26)43-31(33(39-2)48-21-35(46)11-12-35)17-40-27-5-7-28(8-6-27)45-29-9-10-30(45)20-47-19-29/h3-4,13,15-17,22-23,27-30,37,39,46H,5-12,18-21,38H2,1-2H3,(H,41,42,43)/b33-31-,37-22?,40-17?/t23-,27?,28?,29-,30+/m0/s1. The van der Waals surface area contributed by atoms with Gasteiger partial charge in [-0.2, -0.15) is 5.26 Å². The van der Waals surface area contributed by atoms with Crippen LogP contribution in [0.5, 0.6) is 5.75 Å². The summed E-state index contributed by atoms with van der Waals surface area (Å²) in [5.74, 6) is 6.94. The lowest BCUT2D eigenvalue weighted by Gasteiger charge is -2.43. The van der Waals surface area contributed by atoms with E-state index in [1.807, 2.05) is 13.0 Å². The number of rotatable bonds is 15. The number of benzene rings is 1. The second-order valence-electron chi connectivity index (χ2n) is 13.6. The summed E-state index contributed by atoms with van der Waals surface area (Å²) in [6.45, 7) is 4.02. The van der Waals surface area contributed by atoms with E-state index in [1.54, 1.807) is 37.8 Å². The molecule has 0 unspecified atom stereocenters. The van der Waals surface area contributed by atoms with Gasteiger partial charge in [-0.3, -0.25) is 20.3 Å². The predicted octanol–water partition coefficient (Wildman–Crippen LogP) is 3.15. The average Bonchev–Trinajstić information content (AvgIpc) is 3.80. The van der Waals surface area contributed by atoms with Crippen LogP contribution in [0.4, 0.5) is 5.95 Å². The Hall–Kier alpha value is -4.29. The number of anilines is 1. The van der Waals surface area contributed by atoms with Crippen LogP contribution in [0, 0.1) is 16.7 Å². The highest BCUT2D eigenvalue weighted by atomic mass is 16.5. The summed E-state index contributed by atoms with van der Waals surface area (Å²) in [5, 5.41) is 34.9. The predicted molar refractivity (Wildman–Crippen MR) is 186 cm³/mol. The van der Waals surface area contributed by atoms with Crippen LogP contribution in [0.3, 0.4) is 0 Å². The molecule has 2 bridgehead atoms. The minimum Gasteiger partial charge on any atom is -0.487 e. The lowest BCUT2D eigenvalue weighted by Crippen LogP contribution is -2.52. The van der Waals surface area contributed by atoms with Crippen molar-refractivity contribution in [2.75, 3.05) is 38.7 Å². The van der Waals surface area contributed by atoms with Gasteiger partial charge in [0, 0.05) is 43.1 Å². The van der Waals surface area contributed by atoms with E-state index < -0.39 is 5.60 Å². The van der Waals surface area contributed by atoms with Gasteiger partial charge in [-0.15, -0.1) is 0 Å². The summed E-state index contributed by atoms with van der Waals surface area (Å²) < 4.78 is 17.8. The summed E-state index contributed by atoms with van der Waals surface area (Å²) in [4.78, 5) is 16.9. The number of aromatic nitrogens is 2. The van der Waals surface area contributed by atoms with Crippen molar-refractivity contribution in [1.29, 1.82) is 10.7 Å². The summed E-state index contributed by atoms with van der Waals surface area (Å²) in [6, 6.07) is 9.41. The van der Waals surface area contributed by atoms with Crippen molar-refractivity contribution in [1.82, 2.24) is 25.2 Å². The lowest BCUT2D eigenvalue weighted by molar-refractivity contribution is -0.0439. The Bertz CT molecular complexity index is 1530. The molecule has 6 N–H and O–H groups in total. The maximum Gasteiger partial charge on any atom is 0.227 e. The Morgan fingerprint density at radius 3 is 2.51 bits per heavy atom. The maximum absolute atomic E-state index is 10.4. The van der Waals surface area contributed by atoms with Gasteiger partial charge in [-0.25, -0.2) is 15.8 Å². The molecule has 0 amide bonds. The van der Waals surface area contributed by atoms with Crippen molar-refractivity contribution in [3.8, 4) is 22.9 Å². The van der Waals surface area contributed by atoms with Crippen LogP contribution >= 0.6 is 0 Å². The second-order valence-corrected chi connectivity index (χ2v) is 13.6. The molecular formula is C35H48N10O4. The summed E-state index contributed by atoms with van der Waals surface area (Å²) >= 11 is 0.